The van der Waals surface area contributed by atoms with Gasteiger partial charge >= 0.3 is 0 Å². The fourth-order valence-corrected chi connectivity index (χ4v) is 4.35. The third kappa shape index (κ3) is 5.40. The second-order valence-electron chi connectivity index (χ2n) is 8.58. The van der Waals surface area contributed by atoms with Crippen molar-refractivity contribution in [3.8, 4) is 5.75 Å². The van der Waals surface area contributed by atoms with Gasteiger partial charge in [-0.2, -0.15) is 0 Å². The molecule has 1 amide bonds. The zero-order valence-corrected chi connectivity index (χ0v) is 18.4. The van der Waals surface area contributed by atoms with Crippen LogP contribution in [0.15, 0.2) is 18.2 Å². The summed E-state index contributed by atoms with van der Waals surface area (Å²) in [7, 11) is -3.55. The molecule has 29 heavy (non-hydrogen) atoms. The fraction of sp³-hybridized carbons (Fsp3) is 0.650. The van der Waals surface area contributed by atoms with E-state index in [1.165, 1.54) is 4.31 Å². The lowest BCUT2D eigenvalue weighted by Gasteiger charge is -2.35. The summed E-state index contributed by atoms with van der Waals surface area (Å²) < 4.78 is 37.3. The van der Waals surface area contributed by atoms with Crippen LogP contribution in [-0.4, -0.2) is 77.5 Å². The van der Waals surface area contributed by atoms with Gasteiger partial charge < -0.3 is 14.8 Å². The Balaban J connectivity index is 1.71. The lowest BCUT2D eigenvalue weighted by molar-refractivity contribution is -0.127. The quantitative estimate of drug-likeness (QED) is 0.756. The van der Waals surface area contributed by atoms with Crippen LogP contribution in [0.3, 0.4) is 0 Å². The van der Waals surface area contributed by atoms with Crippen LogP contribution >= 0.6 is 0 Å². The number of morpholine rings is 1. The van der Waals surface area contributed by atoms with E-state index in [0.29, 0.717) is 31.2 Å². The van der Waals surface area contributed by atoms with Gasteiger partial charge in [0.15, 0.2) is 6.10 Å². The Morgan fingerprint density at radius 3 is 2.55 bits per heavy atom. The van der Waals surface area contributed by atoms with Gasteiger partial charge in [-0.05, 0) is 23.1 Å². The first kappa shape index (κ1) is 21.9. The van der Waals surface area contributed by atoms with E-state index in [9.17, 15) is 13.2 Å². The number of sulfonamides is 1. The number of benzene rings is 1. The van der Waals surface area contributed by atoms with Gasteiger partial charge in [0.25, 0.3) is 5.91 Å². The summed E-state index contributed by atoms with van der Waals surface area (Å²) in [6, 6.07) is 5.50. The Bertz CT molecular complexity index is 844. The fourth-order valence-electron chi connectivity index (χ4n) is 3.44. The third-order valence-corrected chi connectivity index (χ3v) is 6.36. The number of ether oxygens (including phenoxy) is 2. The summed E-state index contributed by atoms with van der Waals surface area (Å²) in [4.78, 5) is 14.9. The number of rotatable bonds is 5. The molecule has 2 aliphatic rings. The molecule has 2 heterocycles. The van der Waals surface area contributed by atoms with Crippen LogP contribution in [0, 0.1) is 0 Å². The van der Waals surface area contributed by atoms with Crippen molar-refractivity contribution in [2.75, 3.05) is 56.5 Å². The van der Waals surface area contributed by atoms with Gasteiger partial charge in [-0.15, -0.1) is 0 Å². The maximum absolute atomic E-state index is 12.6. The SMILES string of the molecule is CC(C)(C)c1ccc2c(c1)N(S(C)(=O)=O)C[C@@H](C(=O)NCCN1CCOCC1)O2. The molecule has 8 nitrogen and oxygen atoms in total. The predicted molar refractivity (Wildman–Crippen MR) is 112 cm³/mol. The van der Waals surface area contributed by atoms with Gasteiger partial charge in [0.1, 0.15) is 5.75 Å². The molecule has 1 atom stereocenters. The molecule has 0 radical (unpaired) electrons. The van der Waals surface area contributed by atoms with E-state index in [0.717, 1.165) is 31.5 Å². The molecule has 3 rings (SSSR count). The normalized spacial score (nSPS) is 20.7. The average molecular weight is 426 g/mol. The number of carbonyl (C=O) groups excluding carboxylic acids is 1. The minimum absolute atomic E-state index is 0.0389. The number of fused-ring (bicyclic) bond motifs is 1. The molecule has 1 saturated heterocycles. The Kier molecular flexibility index (Phi) is 6.40. The van der Waals surface area contributed by atoms with Crippen molar-refractivity contribution in [1.29, 1.82) is 0 Å². The highest BCUT2D eigenvalue weighted by Gasteiger charge is 2.35. The lowest BCUT2D eigenvalue weighted by Crippen LogP contribution is -2.51. The molecule has 0 spiro atoms. The summed E-state index contributed by atoms with van der Waals surface area (Å²) in [5, 5.41) is 2.87. The van der Waals surface area contributed by atoms with E-state index in [4.69, 9.17) is 9.47 Å². The van der Waals surface area contributed by atoms with E-state index in [1.807, 2.05) is 12.1 Å². The van der Waals surface area contributed by atoms with E-state index in [-0.39, 0.29) is 17.9 Å². The largest absolute Gasteiger partial charge is 0.476 e. The molecule has 0 aliphatic carbocycles. The highest BCUT2D eigenvalue weighted by Crippen LogP contribution is 2.38. The van der Waals surface area contributed by atoms with E-state index in [1.54, 1.807) is 6.07 Å². The molecule has 0 saturated carbocycles. The van der Waals surface area contributed by atoms with Crippen molar-refractivity contribution in [3.63, 3.8) is 0 Å². The topological polar surface area (TPSA) is 88.2 Å². The van der Waals surface area contributed by atoms with E-state index >= 15 is 0 Å². The van der Waals surface area contributed by atoms with E-state index in [2.05, 4.69) is 31.0 Å². The molecule has 0 bridgehead atoms. The van der Waals surface area contributed by atoms with Crippen molar-refractivity contribution < 1.29 is 22.7 Å². The van der Waals surface area contributed by atoms with Crippen molar-refractivity contribution in [3.05, 3.63) is 23.8 Å². The van der Waals surface area contributed by atoms with Gasteiger partial charge in [0.05, 0.1) is 31.7 Å². The Morgan fingerprint density at radius 2 is 1.93 bits per heavy atom. The van der Waals surface area contributed by atoms with Crippen molar-refractivity contribution >= 4 is 21.6 Å². The monoisotopic (exact) mass is 425 g/mol. The van der Waals surface area contributed by atoms with Crippen LogP contribution in [0.5, 0.6) is 5.75 Å². The Morgan fingerprint density at radius 1 is 1.24 bits per heavy atom. The summed E-state index contributed by atoms with van der Waals surface area (Å²) in [6.07, 6.45) is 0.265. The second kappa shape index (κ2) is 8.49. The summed E-state index contributed by atoms with van der Waals surface area (Å²) in [5.41, 5.74) is 1.35. The molecular formula is C20H31N3O5S. The van der Waals surface area contributed by atoms with Crippen LogP contribution in [0.2, 0.25) is 0 Å². The first-order valence-electron chi connectivity index (χ1n) is 9.92. The highest BCUT2D eigenvalue weighted by molar-refractivity contribution is 7.92. The molecule has 162 valence electrons. The second-order valence-corrected chi connectivity index (χ2v) is 10.5. The number of anilines is 1. The van der Waals surface area contributed by atoms with Crippen molar-refractivity contribution in [1.82, 2.24) is 10.2 Å². The Hall–Kier alpha value is -1.84. The number of amides is 1. The molecule has 1 N–H and O–H groups in total. The number of nitrogens with one attached hydrogen (secondary N) is 1. The molecule has 9 heteroatoms. The maximum atomic E-state index is 12.6. The first-order chi connectivity index (χ1) is 13.6. The van der Waals surface area contributed by atoms with Gasteiger partial charge in [-0.3, -0.25) is 14.0 Å². The van der Waals surface area contributed by atoms with Crippen LogP contribution in [0.1, 0.15) is 26.3 Å². The standard InChI is InChI=1S/C20H31N3O5S/c1-20(2,3)15-5-6-17-16(13-15)23(29(4,25)26)14-18(28-17)19(24)21-7-8-22-9-11-27-12-10-22/h5-6,13,18H,7-12,14H2,1-4H3,(H,21,24)/t18-/m0/s1. The maximum Gasteiger partial charge on any atom is 0.263 e. The van der Waals surface area contributed by atoms with Crippen LogP contribution < -0.4 is 14.4 Å². The molecule has 0 aromatic heterocycles. The molecule has 1 fully saturated rings. The minimum Gasteiger partial charge on any atom is -0.476 e. The third-order valence-electron chi connectivity index (χ3n) is 5.22. The molecule has 2 aliphatic heterocycles. The first-order valence-corrected chi connectivity index (χ1v) is 11.8. The zero-order chi connectivity index (χ0) is 21.2. The van der Waals surface area contributed by atoms with Crippen molar-refractivity contribution in [2.24, 2.45) is 0 Å². The van der Waals surface area contributed by atoms with Crippen LogP contribution in [-0.2, 0) is 25.0 Å². The number of hydrogen-bond donors (Lipinski definition) is 1. The van der Waals surface area contributed by atoms with Crippen LogP contribution in [0.25, 0.3) is 0 Å². The van der Waals surface area contributed by atoms with Gasteiger partial charge in [-0.1, -0.05) is 26.8 Å². The van der Waals surface area contributed by atoms with Gasteiger partial charge in [0.2, 0.25) is 10.0 Å². The van der Waals surface area contributed by atoms with E-state index < -0.39 is 16.1 Å². The average Bonchev–Trinajstić information content (AvgIpc) is 2.66. The molecular weight excluding hydrogens is 394 g/mol. The number of nitrogens with zero attached hydrogens (tertiary/aromatic N) is 2. The minimum atomic E-state index is -3.55. The molecule has 1 aromatic carbocycles. The van der Waals surface area contributed by atoms with Gasteiger partial charge in [-0.25, -0.2) is 8.42 Å². The highest BCUT2D eigenvalue weighted by atomic mass is 32.2. The zero-order valence-electron chi connectivity index (χ0n) is 17.6. The summed E-state index contributed by atoms with van der Waals surface area (Å²) in [6.45, 7) is 10.5. The number of carbonyl (C=O) groups is 1. The van der Waals surface area contributed by atoms with Gasteiger partial charge in [0, 0.05) is 26.2 Å². The summed E-state index contributed by atoms with van der Waals surface area (Å²) >= 11 is 0. The smallest absolute Gasteiger partial charge is 0.263 e. The van der Waals surface area contributed by atoms with Crippen LogP contribution in [0.4, 0.5) is 5.69 Å². The summed E-state index contributed by atoms with van der Waals surface area (Å²) in [5.74, 6) is 0.0976. The predicted octanol–water partition coefficient (Wildman–Crippen LogP) is 0.960. The molecule has 0 unspecified atom stereocenters. The number of hydrogen-bond acceptors (Lipinski definition) is 6. The Labute approximate surface area is 173 Å². The molecule has 1 aromatic rings. The van der Waals surface area contributed by atoms with Crippen molar-refractivity contribution in [2.45, 2.75) is 32.3 Å². The lowest BCUT2D eigenvalue weighted by atomic mass is 9.86.